The highest BCUT2D eigenvalue weighted by atomic mass is 15.3. The first-order chi connectivity index (χ1) is 17.8. The molecule has 5 aromatic rings. The molecule has 0 aliphatic carbocycles. The molecule has 1 N–H and O–H groups in total. The van der Waals surface area contributed by atoms with Gasteiger partial charge in [0.2, 0.25) is 0 Å². The Kier molecular flexibility index (Phi) is 6.10. The zero-order valence-corrected chi connectivity index (χ0v) is 20.3. The number of hydrogen-bond acceptors (Lipinski definition) is 5. The SMILES string of the molecule is N#Cc1cn(CCc2ccccc2)c2c(N3CCN(CCc4c[nH]c5ccccc45)CC3)ncnc12. The Morgan fingerprint density at radius 1 is 0.889 bits per heavy atom. The Labute approximate surface area is 210 Å². The summed E-state index contributed by atoms with van der Waals surface area (Å²) >= 11 is 0. The van der Waals surface area contributed by atoms with E-state index in [1.807, 2.05) is 12.3 Å². The molecule has 2 aromatic carbocycles. The van der Waals surface area contributed by atoms with Gasteiger partial charge in [-0.1, -0.05) is 48.5 Å². The Balaban J connectivity index is 1.17. The molecule has 7 heteroatoms. The predicted molar refractivity (Wildman–Crippen MR) is 143 cm³/mol. The Hall–Kier alpha value is -4.15. The van der Waals surface area contributed by atoms with Crippen molar-refractivity contribution in [2.24, 2.45) is 0 Å². The molecular weight excluding hydrogens is 446 g/mol. The third kappa shape index (κ3) is 4.32. The summed E-state index contributed by atoms with van der Waals surface area (Å²) in [6.45, 7) is 5.62. The van der Waals surface area contributed by atoms with Crippen LogP contribution in [-0.4, -0.2) is 57.1 Å². The number of para-hydroxylation sites is 1. The minimum Gasteiger partial charge on any atom is -0.361 e. The molecule has 7 nitrogen and oxygen atoms in total. The molecule has 1 fully saturated rings. The Bertz CT molecular complexity index is 1520. The van der Waals surface area contributed by atoms with E-state index in [0.29, 0.717) is 5.56 Å². The highest BCUT2D eigenvalue weighted by Crippen LogP contribution is 2.28. The lowest BCUT2D eigenvalue weighted by Crippen LogP contribution is -2.47. The molecule has 36 heavy (non-hydrogen) atoms. The zero-order valence-electron chi connectivity index (χ0n) is 20.3. The van der Waals surface area contributed by atoms with Crippen LogP contribution in [0.2, 0.25) is 0 Å². The number of anilines is 1. The van der Waals surface area contributed by atoms with E-state index in [1.165, 1.54) is 22.0 Å². The summed E-state index contributed by atoms with van der Waals surface area (Å²) in [5.74, 6) is 0.936. The predicted octanol–water partition coefficient (Wildman–Crippen LogP) is 4.39. The summed E-state index contributed by atoms with van der Waals surface area (Å²) in [5.41, 5.74) is 6.19. The molecular formula is C29H29N7. The largest absolute Gasteiger partial charge is 0.361 e. The van der Waals surface area contributed by atoms with Gasteiger partial charge in [0, 0.05) is 62.6 Å². The second kappa shape index (κ2) is 9.84. The molecule has 0 radical (unpaired) electrons. The number of H-pyrrole nitrogens is 1. The minimum absolute atomic E-state index is 0.610. The molecule has 3 aromatic heterocycles. The number of hydrogen-bond donors (Lipinski definition) is 1. The summed E-state index contributed by atoms with van der Waals surface area (Å²) in [6, 6.07) is 21.3. The van der Waals surface area contributed by atoms with Gasteiger partial charge in [0.05, 0.1) is 5.56 Å². The second-order valence-electron chi connectivity index (χ2n) is 9.42. The highest BCUT2D eigenvalue weighted by Gasteiger charge is 2.23. The van der Waals surface area contributed by atoms with Crippen LogP contribution in [0.4, 0.5) is 5.82 Å². The average molecular weight is 476 g/mol. The number of benzene rings is 2. The lowest BCUT2D eigenvalue weighted by Gasteiger charge is -2.35. The summed E-state index contributed by atoms with van der Waals surface area (Å²) in [7, 11) is 0. The van der Waals surface area contributed by atoms with Crippen LogP contribution in [0.15, 0.2) is 73.3 Å². The number of aromatic nitrogens is 4. The van der Waals surface area contributed by atoms with Crippen molar-refractivity contribution in [3.8, 4) is 6.07 Å². The molecule has 1 saturated heterocycles. The fraction of sp³-hybridized carbons (Fsp3) is 0.276. The van der Waals surface area contributed by atoms with Crippen molar-refractivity contribution in [2.45, 2.75) is 19.4 Å². The maximum atomic E-state index is 9.73. The van der Waals surface area contributed by atoms with Crippen molar-refractivity contribution in [3.05, 3.63) is 90.0 Å². The van der Waals surface area contributed by atoms with Gasteiger partial charge in [-0.25, -0.2) is 9.97 Å². The topological polar surface area (TPSA) is 76.8 Å². The summed E-state index contributed by atoms with van der Waals surface area (Å²) in [5, 5.41) is 11.1. The Morgan fingerprint density at radius 2 is 1.69 bits per heavy atom. The summed E-state index contributed by atoms with van der Waals surface area (Å²) in [4.78, 5) is 17.5. The number of fused-ring (bicyclic) bond motifs is 2. The maximum absolute atomic E-state index is 9.73. The van der Waals surface area contributed by atoms with E-state index in [-0.39, 0.29) is 0 Å². The van der Waals surface area contributed by atoms with Crippen molar-refractivity contribution in [1.29, 1.82) is 5.26 Å². The van der Waals surface area contributed by atoms with Crippen LogP contribution in [0.25, 0.3) is 21.9 Å². The molecule has 1 aliphatic rings. The first kappa shape index (κ1) is 22.3. The summed E-state index contributed by atoms with van der Waals surface area (Å²) in [6.07, 6.45) is 7.61. The smallest absolute Gasteiger partial charge is 0.156 e. The molecule has 0 unspecified atom stereocenters. The van der Waals surface area contributed by atoms with Crippen LogP contribution in [0, 0.1) is 11.3 Å². The van der Waals surface area contributed by atoms with Crippen molar-refractivity contribution in [2.75, 3.05) is 37.6 Å². The second-order valence-corrected chi connectivity index (χ2v) is 9.42. The molecule has 180 valence electrons. The molecule has 0 saturated carbocycles. The van der Waals surface area contributed by atoms with E-state index >= 15 is 0 Å². The standard InChI is InChI=1S/C29H29N7/c30-18-24-20-36(13-10-22-6-2-1-3-7-22)28-27(24)32-21-33-29(28)35-16-14-34(15-17-35)12-11-23-19-31-26-9-5-4-8-25(23)26/h1-9,19-21,31H,10-17H2. The van der Waals surface area contributed by atoms with Crippen LogP contribution >= 0.6 is 0 Å². The third-order valence-electron chi connectivity index (χ3n) is 7.28. The minimum atomic E-state index is 0.610. The monoisotopic (exact) mass is 475 g/mol. The normalized spacial score (nSPS) is 14.5. The molecule has 0 spiro atoms. The van der Waals surface area contributed by atoms with Crippen molar-refractivity contribution < 1.29 is 0 Å². The van der Waals surface area contributed by atoms with Gasteiger partial charge in [0.1, 0.15) is 23.4 Å². The third-order valence-corrected chi connectivity index (χ3v) is 7.28. The number of piperazine rings is 1. The van der Waals surface area contributed by atoms with E-state index in [9.17, 15) is 5.26 Å². The van der Waals surface area contributed by atoms with Crippen molar-refractivity contribution >= 4 is 27.8 Å². The van der Waals surface area contributed by atoms with Gasteiger partial charge in [-0.2, -0.15) is 5.26 Å². The van der Waals surface area contributed by atoms with Crippen LogP contribution < -0.4 is 4.90 Å². The van der Waals surface area contributed by atoms with Gasteiger partial charge >= 0.3 is 0 Å². The fourth-order valence-corrected chi connectivity index (χ4v) is 5.30. The molecule has 0 atom stereocenters. The molecule has 0 bridgehead atoms. The number of nitrogens with one attached hydrogen (secondary N) is 1. The number of rotatable bonds is 7. The maximum Gasteiger partial charge on any atom is 0.156 e. The lowest BCUT2D eigenvalue weighted by molar-refractivity contribution is 0.261. The van der Waals surface area contributed by atoms with Gasteiger partial charge in [-0.05, 0) is 30.0 Å². The van der Waals surface area contributed by atoms with Crippen molar-refractivity contribution in [3.63, 3.8) is 0 Å². The average Bonchev–Trinajstić information content (AvgIpc) is 3.53. The van der Waals surface area contributed by atoms with E-state index in [0.717, 1.165) is 69.0 Å². The number of nitriles is 1. The molecule has 4 heterocycles. The van der Waals surface area contributed by atoms with Crippen molar-refractivity contribution in [1.82, 2.24) is 24.4 Å². The van der Waals surface area contributed by atoms with Gasteiger partial charge in [0.15, 0.2) is 5.82 Å². The quantitative estimate of drug-likeness (QED) is 0.378. The first-order valence-corrected chi connectivity index (χ1v) is 12.6. The molecule has 0 amide bonds. The van der Waals surface area contributed by atoms with Crippen LogP contribution in [0.1, 0.15) is 16.7 Å². The lowest BCUT2D eigenvalue weighted by atomic mass is 10.1. The van der Waals surface area contributed by atoms with E-state index < -0.39 is 0 Å². The van der Waals surface area contributed by atoms with Crippen LogP contribution in [-0.2, 0) is 19.4 Å². The highest BCUT2D eigenvalue weighted by molar-refractivity contribution is 5.91. The van der Waals surface area contributed by atoms with Crippen LogP contribution in [0.5, 0.6) is 0 Å². The van der Waals surface area contributed by atoms with Gasteiger partial charge < -0.3 is 14.5 Å². The van der Waals surface area contributed by atoms with Gasteiger partial charge in [-0.3, -0.25) is 4.90 Å². The first-order valence-electron chi connectivity index (χ1n) is 12.6. The number of aromatic amines is 1. The number of aryl methyl sites for hydroxylation is 2. The van der Waals surface area contributed by atoms with Crippen LogP contribution in [0.3, 0.4) is 0 Å². The van der Waals surface area contributed by atoms with Gasteiger partial charge in [-0.15, -0.1) is 0 Å². The Morgan fingerprint density at radius 3 is 2.53 bits per heavy atom. The zero-order chi connectivity index (χ0) is 24.3. The molecule has 1 aliphatic heterocycles. The fourth-order valence-electron chi connectivity index (χ4n) is 5.30. The van der Waals surface area contributed by atoms with Gasteiger partial charge in [0.25, 0.3) is 0 Å². The summed E-state index contributed by atoms with van der Waals surface area (Å²) < 4.78 is 2.17. The van der Waals surface area contributed by atoms with E-state index in [1.54, 1.807) is 6.33 Å². The number of nitrogens with zero attached hydrogens (tertiary/aromatic N) is 6. The van der Waals surface area contributed by atoms with E-state index in [4.69, 9.17) is 4.98 Å². The van der Waals surface area contributed by atoms with E-state index in [2.05, 4.69) is 85.1 Å². The molecule has 6 rings (SSSR count).